The second-order valence-electron chi connectivity index (χ2n) is 8.11. The van der Waals surface area contributed by atoms with Gasteiger partial charge in [-0.2, -0.15) is 0 Å². The zero-order valence-corrected chi connectivity index (χ0v) is 20.4. The molecule has 1 fully saturated rings. The highest BCUT2D eigenvalue weighted by molar-refractivity contribution is 9.10. The third kappa shape index (κ3) is 5.58. The van der Waals surface area contributed by atoms with E-state index in [4.69, 9.17) is 11.6 Å². The third-order valence-corrected chi connectivity index (χ3v) is 6.66. The first-order valence-corrected chi connectivity index (χ1v) is 11.8. The van der Waals surface area contributed by atoms with E-state index in [0.29, 0.717) is 37.3 Å². The second-order valence-corrected chi connectivity index (χ2v) is 9.44. The van der Waals surface area contributed by atoms with E-state index in [-0.39, 0.29) is 16.6 Å². The van der Waals surface area contributed by atoms with Crippen molar-refractivity contribution in [3.8, 4) is 0 Å². The van der Waals surface area contributed by atoms with E-state index in [1.165, 1.54) is 12.1 Å². The second kappa shape index (κ2) is 10.1. The van der Waals surface area contributed by atoms with Crippen LogP contribution in [-0.4, -0.2) is 35.0 Å². The molecule has 1 aliphatic rings. The molecule has 1 heterocycles. The summed E-state index contributed by atoms with van der Waals surface area (Å²) in [6.45, 7) is 0.791. The van der Waals surface area contributed by atoms with Gasteiger partial charge in [-0.3, -0.25) is 4.79 Å². The molecule has 1 saturated heterocycles. The molecule has 1 aliphatic heterocycles. The summed E-state index contributed by atoms with van der Waals surface area (Å²) in [5.41, 5.74) is 0.786. The number of rotatable bonds is 4. The van der Waals surface area contributed by atoms with E-state index in [0.717, 1.165) is 16.1 Å². The van der Waals surface area contributed by atoms with Crippen molar-refractivity contribution >= 4 is 50.8 Å². The Bertz CT molecular complexity index is 1210. The molecule has 6 nitrogen and oxygen atoms in total. The van der Waals surface area contributed by atoms with Crippen molar-refractivity contribution in [2.75, 3.05) is 23.7 Å². The molecule has 3 amide bonds. The number of hydrogen-bond acceptors (Lipinski definition) is 3. The van der Waals surface area contributed by atoms with Crippen LogP contribution in [0.1, 0.15) is 28.8 Å². The average molecular weight is 547 g/mol. The fourth-order valence-corrected chi connectivity index (χ4v) is 4.34. The number of halogens is 3. The van der Waals surface area contributed by atoms with Crippen LogP contribution in [0.2, 0.25) is 5.02 Å². The maximum absolute atomic E-state index is 13.5. The molecule has 0 bridgehead atoms. The molecule has 0 saturated carbocycles. The zero-order chi connectivity index (χ0) is 24.3. The van der Waals surface area contributed by atoms with Crippen molar-refractivity contribution in [3.05, 3.63) is 93.2 Å². The van der Waals surface area contributed by atoms with Crippen LogP contribution in [0, 0.1) is 5.82 Å². The Morgan fingerprint density at radius 2 is 1.62 bits per heavy atom. The van der Waals surface area contributed by atoms with Crippen molar-refractivity contribution in [3.63, 3.8) is 0 Å². The molecule has 3 aromatic carbocycles. The number of carbonyl (C=O) groups excluding carboxylic acids is 2. The lowest BCUT2D eigenvalue weighted by Gasteiger charge is -2.38. The summed E-state index contributed by atoms with van der Waals surface area (Å²) in [6, 6.07) is 17.4. The lowest BCUT2D eigenvalue weighted by molar-refractivity contribution is -0.0157. The van der Waals surface area contributed by atoms with Gasteiger partial charge in [0.05, 0.1) is 16.2 Å². The smallest absolute Gasteiger partial charge is 0.321 e. The van der Waals surface area contributed by atoms with E-state index >= 15 is 0 Å². The summed E-state index contributed by atoms with van der Waals surface area (Å²) >= 11 is 9.40. The summed E-state index contributed by atoms with van der Waals surface area (Å²) in [5.74, 6) is -1.12. The molecule has 9 heteroatoms. The SMILES string of the molecule is O=C(Nc1cccc(NC(=O)N2CCC(O)(c3ccc(Br)cc3)CC2)c1)c1cc(F)ccc1Cl. The summed E-state index contributed by atoms with van der Waals surface area (Å²) in [5, 5.41) is 16.6. The van der Waals surface area contributed by atoms with Gasteiger partial charge in [0.15, 0.2) is 0 Å². The van der Waals surface area contributed by atoms with Crippen LogP contribution in [0.15, 0.2) is 71.2 Å². The minimum Gasteiger partial charge on any atom is -0.385 e. The van der Waals surface area contributed by atoms with Crippen LogP contribution in [0.5, 0.6) is 0 Å². The molecule has 0 unspecified atom stereocenters. The minimum atomic E-state index is -0.972. The lowest BCUT2D eigenvalue weighted by atomic mass is 9.84. The van der Waals surface area contributed by atoms with Gasteiger partial charge in [-0.25, -0.2) is 9.18 Å². The molecule has 3 aromatic rings. The molecular weight excluding hydrogens is 525 g/mol. The van der Waals surface area contributed by atoms with Gasteiger partial charge in [-0.15, -0.1) is 0 Å². The Balaban J connectivity index is 1.37. The summed E-state index contributed by atoms with van der Waals surface area (Å²) in [6.07, 6.45) is 0.846. The van der Waals surface area contributed by atoms with Crippen LogP contribution in [0.4, 0.5) is 20.6 Å². The molecule has 3 N–H and O–H groups in total. The van der Waals surface area contributed by atoms with Gasteiger partial charge < -0.3 is 20.6 Å². The molecule has 34 heavy (non-hydrogen) atoms. The number of amides is 3. The number of carbonyl (C=O) groups is 2. The summed E-state index contributed by atoms with van der Waals surface area (Å²) in [4.78, 5) is 26.9. The summed E-state index contributed by atoms with van der Waals surface area (Å²) < 4.78 is 14.4. The molecule has 0 spiro atoms. The number of piperidine rings is 1. The molecule has 0 aromatic heterocycles. The Morgan fingerprint density at radius 3 is 2.29 bits per heavy atom. The van der Waals surface area contributed by atoms with E-state index in [2.05, 4.69) is 26.6 Å². The number of nitrogens with one attached hydrogen (secondary N) is 2. The maximum atomic E-state index is 13.5. The van der Waals surface area contributed by atoms with Crippen molar-refractivity contribution in [2.45, 2.75) is 18.4 Å². The van der Waals surface area contributed by atoms with Crippen LogP contribution in [0.3, 0.4) is 0 Å². The van der Waals surface area contributed by atoms with E-state index in [1.807, 2.05) is 24.3 Å². The first kappa shape index (κ1) is 24.2. The van der Waals surface area contributed by atoms with Gasteiger partial charge in [0.25, 0.3) is 5.91 Å². The molecule has 0 radical (unpaired) electrons. The summed E-state index contributed by atoms with van der Waals surface area (Å²) in [7, 11) is 0. The fraction of sp³-hybridized carbons (Fsp3) is 0.200. The number of urea groups is 1. The molecule has 0 atom stereocenters. The standard InChI is InChI=1S/C25H22BrClFN3O3/c26-17-6-4-16(5-7-17)25(34)10-12-31(13-11-25)24(33)30-20-3-1-2-19(15-20)29-23(32)21-14-18(28)8-9-22(21)27/h1-9,14-15,34H,10-13H2,(H,29,32)(H,30,33). The van der Waals surface area contributed by atoms with Crippen molar-refractivity contribution in [1.29, 1.82) is 0 Å². The molecule has 176 valence electrons. The fourth-order valence-electron chi connectivity index (χ4n) is 3.88. The van der Waals surface area contributed by atoms with Crippen molar-refractivity contribution in [2.24, 2.45) is 0 Å². The normalized spacial score (nSPS) is 15.0. The largest absolute Gasteiger partial charge is 0.385 e. The topological polar surface area (TPSA) is 81.7 Å². The highest BCUT2D eigenvalue weighted by atomic mass is 79.9. The van der Waals surface area contributed by atoms with E-state index in [9.17, 15) is 19.1 Å². The molecule has 0 aliphatic carbocycles. The Labute approximate surface area is 209 Å². The van der Waals surface area contributed by atoms with Crippen LogP contribution < -0.4 is 10.6 Å². The van der Waals surface area contributed by atoms with Gasteiger partial charge >= 0.3 is 6.03 Å². The van der Waals surface area contributed by atoms with Crippen LogP contribution >= 0.6 is 27.5 Å². The van der Waals surface area contributed by atoms with Crippen molar-refractivity contribution in [1.82, 2.24) is 4.90 Å². The van der Waals surface area contributed by atoms with Gasteiger partial charge in [0.2, 0.25) is 0 Å². The number of likely N-dealkylation sites (tertiary alicyclic amines) is 1. The highest BCUT2D eigenvalue weighted by Crippen LogP contribution is 2.33. The van der Waals surface area contributed by atoms with Gasteiger partial charge in [0.1, 0.15) is 5.82 Å². The molecule has 4 rings (SSSR count). The average Bonchev–Trinajstić information content (AvgIpc) is 2.81. The Kier molecular flexibility index (Phi) is 7.21. The van der Waals surface area contributed by atoms with Gasteiger partial charge in [-0.05, 0) is 66.9 Å². The van der Waals surface area contributed by atoms with Crippen LogP contribution in [-0.2, 0) is 5.60 Å². The lowest BCUT2D eigenvalue weighted by Crippen LogP contribution is -2.46. The third-order valence-electron chi connectivity index (χ3n) is 5.80. The Morgan fingerprint density at radius 1 is 0.971 bits per heavy atom. The molecular formula is C25H22BrClFN3O3. The number of hydrogen-bond donors (Lipinski definition) is 3. The minimum absolute atomic E-state index is 0.0164. The van der Waals surface area contributed by atoms with Gasteiger partial charge in [0, 0.05) is 28.9 Å². The predicted molar refractivity (Wildman–Crippen MR) is 134 cm³/mol. The van der Waals surface area contributed by atoms with E-state index < -0.39 is 17.3 Å². The first-order chi connectivity index (χ1) is 16.2. The van der Waals surface area contributed by atoms with E-state index in [1.54, 1.807) is 29.2 Å². The number of nitrogens with zero attached hydrogens (tertiary/aromatic N) is 1. The Hall–Kier alpha value is -2.94. The quantitative estimate of drug-likeness (QED) is 0.375. The highest BCUT2D eigenvalue weighted by Gasteiger charge is 2.35. The first-order valence-electron chi connectivity index (χ1n) is 10.6. The van der Waals surface area contributed by atoms with Crippen molar-refractivity contribution < 1.29 is 19.1 Å². The zero-order valence-electron chi connectivity index (χ0n) is 18.0. The number of anilines is 2. The number of aliphatic hydroxyl groups is 1. The maximum Gasteiger partial charge on any atom is 0.321 e. The van der Waals surface area contributed by atoms with Crippen LogP contribution in [0.25, 0.3) is 0 Å². The number of benzene rings is 3. The van der Waals surface area contributed by atoms with Gasteiger partial charge in [-0.1, -0.05) is 45.7 Å². The predicted octanol–water partition coefficient (Wildman–Crippen LogP) is 6.01. The monoisotopic (exact) mass is 545 g/mol.